The first-order valence-electron chi connectivity index (χ1n) is 33.6. The molecule has 0 saturated carbocycles. The molecule has 0 bridgehead atoms. The van der Waals surface area contributed by atoms with E-state index in [4.69, 9.17) is 14.2 Å². The fourth-order valence-corrected chi connectivity index (χ4v) is 9.94. The van der Waals surface area contributed by atoms with Crippen molar-refractivity contribution in [1.82, 2.24) is 0 Å². The van der Waals surface area contributed by atoms with E-state index in [0.717, 1.165) is 77.0 Å². The van der Waals surface area contributed by atoms with Gasteiger partial charge in [-0.05, 0) is 103 Å². The van der Waals surface area contributed by atoms with Gasteiger partial charge in [0.2, 0.25) is 0 Å². The van der Waals surface area contributed by atoms with Crippen LogP contribution < -0.4 is 0 Å². The zero-order valence-corrected chi connectivity index (χ0v) is 51.0. The summed E-state index contributed by atoms with van der Waals surface area (Å²) in [4.78, 5) is 38.4. The number of rotatable bonds is 62. The lowest BCUT2D eigenvalue weighted by Gasteiger charge is -2.18. The molecule has 444 valence electrons. The van der Waals surface area contributed by atoms with Crippen LogP contribution in [-0.4, -0.2) is 37.2 Å². The Bertz CT molecular complexity index is 1310. The summed E-state index contributed by atoms with van der Waals surface area (Å²) in [5.41, 5.74) is 0. The number of esters is 3. The van der Waals surface area contributed by atoms with Crippen LogP contribution in [0.25, 0.3) is 0 Å². The second-order valence-corrected chi connectivity index (χ2v) is 22.7. The smallest absolute Gasteiger partial charge is 0.306 e. The number of ether oxygens (including phenoxy) is 3. The van der Waals surface area contributed by atoms with Crippen molar-refractivity contribution in [2.75, 3.05) is 13.2 Å². The van der Waals surface area contributed by atoms with Gasteiger partial charge in [0.1, 0.15) is 13.2 Å². The summed E-state index contributed by atoms with van der Waals surface area (Å²) in [5.74, 6) is -0.871. The highest BCUT2D eigenvalue weighted by Crippen LogP contribution is 2.17. The van der Waals surface area contributed by atoms with Gasteiger partial charge >= 0.3 is 17.9 Å². The third kappa shape index (κ3) is 62.2. The summed E-state index contributed by atoms with van der Waals surface area (Å²) in [6, 6.07) is 0. The summed E-state index contributed by atoms with van der Waals surface area (Å²) in [6.45, 7) is 6.65. The number of hydrogen-bond acceptors (Lipinski definition) is 6. The Balaban J connectivity index is 4.29. The molecule has 0 rings (SSSR count). The largest absolute Gasteiger partial charge is 0.462 e. The van der Waals surface area contributed by atoms with Crippen LogP contribution in [0.15, 0.2) is 48.6 Å². The lowest BCUT2D eigenvalue weighted by atomic mass is 10.0. The maximum Gasteiger partial charge on any atom is 0.306 e. The Morgan fingerprint density at radius 3 is 0.763 bits per heavy atom. The zero-order chi connectivity index (χ0) is 55.0. The van der Waals surface area contributed by atoms with E-state index in [0.29, 0.717) is 19.3 Å². The summed E-state index contributed by atoms with van der Waals surface area (Å²) in [7, 11) is 0. The molecule has 0 amide bonds. The van der Waals surface area contributed by atoms with E-state index in [2.05, 4.69) is 69.4 Å². The van der Waals surface area contributed by atoms with E-state index in [-0.39, 0.29) is 31.1 Å². The van der Waals surface area contributed by atoms with Gasteiger partial charge in [0, 0.05) is 19.3 Å². The summed E-state index contributed by atoms with van der Waals surface area (Å²) in [6.07, 6.45) is 81.2. The highest BCUT2D eigenvalue weighted by molar-refractivity contribution is 5.71. The van der Waals surface area contributed by atoms with E-state index in [1.54, 1.807) is 0 Å². The summed E-state index contributed by atoms with van der Waals surface area (Å²) >= 11 is 0. The van der Waals surface area contributed by atoms with Gasteiger partial charge in [-0.15, -0.1) is 0 Å². The molecule has 0 fully saturated rings. The zero-order valence-electron chi connectivity index (χ0n) is 51.0. The van der Waals surface area contributed by atoms with E-state index >= 15 is 0 Å². The molecule has 0 aliphatic carbocycles. The van der Waals surface area contributed by atoms with Crippen molar-refractivity contribution in [3.8, 4) is 0 Å². The van der Waals surface area contributed by atoms with E-state index in [9.17, 15) is 14.4 Å². The van der Waals surface area contributed by atoms with Gasteiger partial charge in [0.05, 0.1) is 0 Å². The van der Waals surface area contributed by atoms with Crippen LogP contribution in [0.4, 0.5) is 0 Å². The quantitative estimate of drug-likeness (QED) is 0.0261. The normalized spacial score (nSPS) is 12.3. The van der Waals surface area contributed by atoms with Gasteiger partial charge < -0.3 is 14.2 Å². The molecule has 0 heterocycles. The molecule has 1 atom stereocenters. The Hall–Kier alpha value is -2.63. The summed E-state index contributed by atoms with van der Waals surface area (Å²) in [5, 5.41) is 0. The first-order valence-corrected chi connectivity index (χ1v) is 33.6. The van der Waals surface area contributed by atoms with Crippen LogP contribution in [0.2, 0.25) is 0 Å². The number of unbranched alkanes of at least 4 members (excludes halogenated alkanes) is 43. The molecule has 0 aliphatic rings. The predicted molar refractivity (Wildman–Crippen MR) is 330 cm³/mol. The molecule has 0 aromatic rings. The third-order valence-electron chi connectivity index (χ3n) is 15.0. The van der Waals surface area contributed by atoms with Gasteiger partial charge in [0.25, 0.3) is 0 Å². The fourth-order valence-electron chi connectivity index (χ4n) is 9.94. The molecule has 0 aliphatic heterocycles. The number of hydrogen-bond donors (Lipinski definition) is 0. The number of carbonyl (C=O) groups is 3. The SMILES string of the molecule is CCCCC/C=C\C/C=C\CCCCCCCCCC(=O)OC(COC(=O)CCCCCCC/C=C\CCCCCCCCC)COC(=O)CCCCCCCCCCCCCCC/C=C\CCCCCCCCCC. The maximum absolute atomic E-state index is 12.9. The first kappa shape index (κ1) is 73.4. The molecule has 6 heteroatoms. The third-order valence-corrected chi connectivity index (χ3v) is 15.0. The Labute approximate surface area is 473 Å². The lowest BCUT2D eigenvalue weighted by Crippen LogP contribution is -2.30. The highest BCUT2D eigenvalue weighted by Gasteiger charge is 2.19. The van der Waals surface area contributed by atoms with E-state index in [1.807, 2.05) is 0 Å². The molecule has 1 unspecified atom stereocenters. The second-order valence-electron chi connectivity index (χ2n) is 22.7. The molecule has 0 aromatic heterocycles. The minimum atomic E-state index is -0.781. The fraction of sp³-hybridized carbons (Fsp3) is 0.843. The molecule has 0 saturated heterocycles. The van der Waals surface area contributed by atoms with Crippen molar-refractivity contribution < 1.29 is 28.6 Å². The standard InChI is InChI=1S/C70H128O6/c1-4-7-10-13-16-19-22-25-28-31-32-33-34-35-36-37-38-40-42-45-48-51-54-57-60-63-69(72)75-66-67(65-74-68(71)62-59-56-53-50-47-44-41-30-27-24-21-18-15-12-9-6-3)76-70(73)64-61-58-55-52-49-46-43-39-29-26-23-20-17-14-11-8-5-2/h17,20,26,29-32,41,67H,4-16,18-19,21-25,27-28,33-40,42-66H2,1-3H3/b20-17-,29-26-,32-31-,41-30-. The van der Waals surface area contributed by atoms with Gasteiger partial charge in [-0.1, -0.05) is 288 Å². The molecule has 0 spiro atoms. The van der Waals surface area contributed by atoms with Crippen LogP contribution >= 0.6 is 0 Å². The van der Waals surface area contributed by atoms with Gasteiger partial charge in [-0.3, -0.25) is 14.4 Å². The molecule has 76 heavy (non-hydrogen) atoms. The molecule has 0 N–H and O–H groups in total. The van der Waals surface area contributed by atoms with Crippen molar-refractivity contribution in [3.63, 3.8) is 0 Å². The number of allylic oxidation sites excluding steroid dienone is 8. The molecular formula is C70H128O6. The van der Waals surface area contributed by atoms with Crippen molar-refractivity contribution in [2.45, 2.75) is 367 Å². The van der Waals surface area contributed by atoms with E-state index < -0.39 is 6.10 Å². The average Bonchev–Trinajstić information content (AvgIpc) is 3.42. The predicted octanol–water partition coefficient (Wildman–Crippen LogP) is 22.9. The van der Waals surface area contributed by atoms with Crippen molar-refractivity contribution in [2.24, 2.45) is 0 Å². The van der Waals surface area contributed by atoms with Gasteiger partial charge in [-0.2, -0.15) is 0 Å². The average molecular weight is 1070 g/mol. The van der Waals surface area contributed by atoms with Crippen LogP contribution in [-0.2, 0) is 28.6 Å². The molecule has 0 aromatic carbocycles. The topological polar surface area (TPSA) is 78.9 Å². The highest BCUT2D eigenvalue weighted by atomic mass is 16.6. The van der Waals surface area contributed by atoms with Gasteiger partial charge in [0.15, 0.2) is 6.10 Å². The molecular weight excluding hydrogens is 937 g/mol. The van der Waals surface area contributed by atoms with Crippen LogP contribution in [0, 0.1) is 0 Å². The number of carbonyl (C=O) groups excluding carboxylic acids is 3. The Kier molecular flexibility index (Phi) is 62.6. The van der Waals surface area contributed by atoms with Gasteiger partial charge in [-0.25, -0.2) is 0 Å². The van der Waals surface area contributed by atoms with E-state index in [1.165, 1.54) is 244 Å². The summed E-state index contributed by atoms with van der Waals surface area (Å²) < 4.78 is 17.0. The second kappa shape index (κ2) is 64.9. The minimum Gasteiger partial charge on any atom is -0.462 e. The first-order chi connectivity index (χ1) is 37.5. The van der Waals surface area contributed by atoms with Crippen LogP contribution in [0.1, 0.15) is 361 Å². The van der Waals surface area contributed by atoms with Crippen LogP contribution in [0.5, 0.6) is 0 Å². The maximum atomic E-state index is 12.9. The Morgan fingerprint density at radius 2 is 0.474 bits per heavy atom. The Morgan fingerprint density at radius 1 is 0.263 bits per heavy atom. The van der Waals surface area contributed by atoms with Crippen LogP contribution in [0.3, 0.4) is 0 Å². The monoisotopic (exact) mass is 1060 g/mol. The van der Waals surface area contributed by atoms with Crippen molar-refractivity contribution >= 4 is 17.9 Å². The minimum absolute atomic E-state index is 0.0763. The molecule has 6 nitrogen and oxygen atoms in total. The van der Waals surface area contributed by atoms with Crippen molar-refractivity contribution in [3.05, 3.63) is 48.6 Å². The lowest BCUT2D eigenvalue weighted by molar-refractivity contribution is -0.167. The molecule has 0 radical (unpaired) electrons. The van der Waals surface area contributed by atoms with Crippen molar-refractivity contribution in [1.29, 1.82) is 0 Å².